The van der Waals surface area contributed by atoms with Crippen LogP contribution in [0.25, 0.3) is 0 Å². The average molecular weight is 302 g/mol. The molecule has 0 spiro atoms. The molecule has 106 valence electrons. The van der Waals surface area contributed by atoms with Gasteiger partial charge in [0.2, 0.25) is 0 Å². The quantitative estimate of drug-likeness (QED) is 0.910. The van der Waals surface area contributed by atoms with Crippen LogP contribution in [0.2, 0.25) is 5.02 Å². The van der Waals surface area contributed by atoms with Gasteiger partial charge in [0.25, 0.3) is 0 Å². The molecule has 0 fully saturated rings. The molecule has 0 unspecified atom stereocenters. The lowest BCUT2D eigenvalue weighted by Crippen LogP contribution is -2.06. The van der Waals surface area contributed by atoms with Gasteiger partial charge in [0, 0.05) is 5.69 Å². The number of aromatic nitrogens is 2. The normalized spacial score (nSPS) is 11.4. The first-order chi connectivity index (χ1) is 9.40. The fraction of sp³-hybridized carbons (Fsp3) is 0.231. The molecule has 0 aliphatic heterocycles. The Balaban J connectivity index is 2.25. The molecular weight excluding hydrogens is 291 g/mol. The Hall–Kier alpha value is -1.82. The summed E-state index contributed by atoms with van der Waals surface area (Å²) in [4.78, 5) is 8.18. The highest BCUT2D eigenvalue weighted by Crippen LogP contribution is 2.36. The van der Waals surface area contributed by atoms with Gasteiger partial charge in [-0.1, -0.05) is 18.5 Å². The van der Waals surface area contributed by atoms with Crippen LogP contribution in [0, 0.1) is 0 Å². The van der Waals surface area contributed by atoms with E-state index in [1.54, 1.807) is 6.20 Å². The van der Waals surface area contributed by atoms with Crippen LogP contribution in [-0.4, -0.2) is 9.97 Å². The number of aryl methyl sites for hydroxylation is 1. The first-order valence-electron chi connectivity index (χ1n) is 5.85. The van der Waals surface area contributed by atoms with Crippen molar-refractivity contribution < 1.29 is 13.2 Å². The lowest BCUT2D eigenvalue weighted by atomic mass is 10.2. The lowest BCUT2D eigenvalue weighted by Gasteiger charge is -2.12. The third kappa shape index (κ3) is 3.39. The SMILES string of the molecule is CCc1cnc(Nc2ccc(Cl)c(C(F)(F)F)c2)cn1. The summed E-state index contributed by atoms with van der Waals surface area (Å²) in [6, 6.07) is 3.59. The monoisotopic (exact) mass is 301 g/mol. The molecule has 3 nitrogen and oxygen atoms in total. The Morgan fingerprint density at radius 1 is 1.20 bits per heavy atom. The highest BCUT2D eigenvalue weighted by Gasteiger charge is 2.33. The number of alkyl halides is 3. The fourth-order valence-electron chi connectivity index (χ4n) is 1.57. The molecule has 1 N–H and O–H groups in total. The summed E-state index contributed by atoms with van der Waals surface area (Å²) in [5, 5.41) is 2.43. The summed E-state index contributed by atoms with van der Waals surface area (Å²) in [6.07, 6.45) is -0.706. The Morgan fingerprint density at radius 2 is 1.95 bits per heavy atom. The molecule has 20 heavy (non-hydrogen) atoms. The zero-order valence-corrected chi connectivity index (χ0v) is 11.3. The van der Waals surface area contributed by atoms with Crippen molar-refractivity contribution in [2.24, 2.45) is 0 Å². The minimum Gasteiger partial charge on any atom is -0.339 e. The Bertz CT molecular complexity index is 597. The van der Waals surface area contributed by atoms with Crippen LogP contribution in [0.5, 0.6) is 0 Å². The van der Waals surface area contributed by atoms with Crippen LogP contribution < -0.4 is 5.32 Å². The molecule has 0 atom stereocenters. The standard InChI is InChI=1S/C13H11ClF3N3/c1-2-8-6-19-12(7-18-8)20-9-3-4-11(14)10(5-9)13(15,16)17/h3-7H,2H2,1H3,(H,19,20). The second kappa shape index (κ2) is 5.66. The highest BCUT2D eigenvalue weighted by molar-refractivity contribution is 6.31. The van der Waals surface area contributed by atoms with Gasteiger partial charge < -0.3 is 5.32 Å². The summed E-state index contributed by atoms with van der Waals surface area (Å²) in [7, 11) is 0. The summed E-state index contributed by atoms with van der Waals surface area (Å²) >= 11 is 5.55. The Kier molecular flexibility index (Phi) is 4.13. The van der Waals surface area contributed by atoms with E-state index in [0.29, 0.717) is 5.82 Å². The van der Waals surface area contributed by atoms with E-state index in [1.165, 1.54) is 18.3 Å². The maximum absolute atomic E-state index is 12.7. The van der Waals surface area contributed by atoms with Gasteiger partial charge in [-0.25, -0.2) is 4.98 Å². The predicted octanol–water partition coefficient (Wildman–Crippen LogP) is 4.45. The van der Waals surface area contributed by atoms with Crippen LogP contribution in [0.1, 0.15) is 18.2 Å². The maximum Gasteiger partial charge on any atom is 0.417 e. The van der Waals surface area contributed by atoms with Crippen LogP contribution in [-0.2, 0) is 12.6 Å². The second-order valence-electron chi connectivity index (χ2n) is 4.06. The lowest BCUT2D eigenvalue weighted by molar-refractivity contribution is -0.137. The van der Waals surface area contributed by atoms with Gasteiger partial charge >= 0.3 is 6.18 Å². The summed E-state index contributed by atoms with van der Waals surface area (Å²) in [5.74, 6) is 0.373. The first-order valence-corrected chi connectivity index (χ1v) is 6.22. The summed E-state index contributed by atoms with van der Waals surface area (Å²) < 4.78 is 38.2. The van der Waals surface area contributed by atoms with Gasteiger partial charge in [-0.2, -0.15) is 13.2 Å². The van der Waals surface area contributed by atoms with Crippen molar-refractivity contribution in [3.05, 3.63) is 46.9 Å². The Morgan fingerprint density at radius 3 is 2.50 bits per heavy atom. The molecule has 0 saturated carbocycles. The van der Waals surface area contributed by atoms with E-state index in [9.17, 15) is 13.2 Å². The van der Waals surface area contributed by atoms with Gasteiger partial charge in [0.1, 0.15) is 5.82 Å². The van der Waals surface area contributed by atoms with E-state index in [0.717, 1.165) is 18.2 Å². The average Bonchev–Trinajstić information content (AvgIpc) is 2.40. The molecule has 1 aromatic carbocycles. The van der Waals surface area contributed by atoms with Crippen molar-refractivity contribution in [2.45, 2.75) is 19.5 Å². The molecule has 0 amide bonds. The second-order valence-corrected chi connectivity index (χ2v) is 4.47. The molecule has 1 heterocycles. The van der Waals surface area contributed by atoms with Gasteiger partial charge in [-0.3, -0.25) is 4.98 Å². The number of anilines is 2. The molecule has 2 aromatic rings. The maximum atomic E-state index is 12.7. The van der Waals surface area contributed by atoms with Crippen LogP contribution in [0.15, 0.2) is 30.6 Å². The molecule has 0 radical (unpaired) electrons. The van der Waals surface area contributed by atoms with Gasteiger partial charge in [-0.15, -0.1) is 0 Å². The summed E-state index contributed by atoms with van der Waals surface area (Å²) in [5.41, 5.74) is 0.171. The minimum absolute atomic E-state index is 0.250. The molecule has 0 aliphatic rings. The van der Waals surface area contributed by atoms with E-state index in [1.807, 2.05) is 6.92 Å². The van der Waals surface area contributed by atoms with E-state index >= 15 is 0 Å². The van der Waals surface area contributed by atoms with Crippen molar-refractivity contribution in [2.75, 3.05) is 5.32 Å². The third-order valence-electron chi connectivity index (χ3n) is 2.61. The number of nitrogens with one attached hydrogen (secondary N) is 1. The van der Waals surface area contributed by atoms with Crippen molar-refractivity contribution in [3.8, 4) is 0 Å². The number of nitrogens with zero attached hydrogens (tertiary/aromatic N) is 2. The van der Waals surface area contributed by atoms with Crippen LogP contribution in [0.3, 0.4) is 0 Å². The van der Waals surface area contributed by atoms with Crippen molar-refractivity contribution in [3.63, 3.8) is 0 Å². The van der Waals surface area contributed by atoms with Crippen molar-refractivity contribution >= 4 is 23.1 Å². The molecule has 1 aromatic heterocycles. The number of halogens is 4. The number of hydrogen-bond acceptors (Lipinski definition) is 3. The highest BCUT2D eigenvalue weighted by atomic mass is 35.5. The zero-order valence-electron chi connectivity index (χ0n) is 10.5. The molecule has 0 bridgehead atoms. The largest absolute Gasteiger partial charge is 0.417 e. The van der Waals surface area contributed by atoms with E-state index in [-0.39, 0.29) is 10.7 Å². The number of hydrogen-bond donors (Lipinski definition) is 1. The van der Waals surface area contributed by atoms with Crippen molar-refractivity contribution in [1.29, 1.82) is 0 Å². The topological polar surface area (TPSA) is 37.8 Å². The summed E-state index contributed by atoms with van der Waals surface area (Å²) in [6.45, 7) is 1.94. The Labute approximate surface area is 118 Å². The molecule has 0 saturated heterocycles. The van der Waals surface area contributed by atoms with E-state index < -0.39 is 11.7 Å². The fourth-order valence-corrected chi connectivity index (χ4v) is 1.79. The van der Waals surface area contributed by atoms with Crippen molar-refractivity contribution in [1.82, 2.24) is 9.97 Å². The third-order valence-corrected chi connectivity index (χ3v) is 2.94. The molecular formula is C13H11ClF3N3. The number of benzene rings is 1. The van der Waals surface area contributed by atoms with Gasteiger partial charge in [-0.05, 0) is 24.6 Å². The van der Waals surface area contributed by atoms with Gasteiger partial charge in [0.15, 0.2) is 0 Å². The smallest absolute Gasteiger partial charge is 0.339 e. The van der Waals surface area contributed by atoms with E-state index in [4.69, 9.17) is 11.6 Å². The first kappa shape index (κ1) is 14.6. The van der Waals surface area contributed by atoms with Crippen LogP contribution >= 0.6 is 11.6 Å². The molecule has 7 heteroatoms. The predicted molar refractivity (Wildman–Crippen MR) is 71.1 cm³/mol. The zero-order chi connectivity index (χ0) is 14.8. The van der Waals surface area contributed by atoms with Gasteiger partial charge in [0.05, 0.1) is 28.7 Å². The molecule has 0 aliphatic carbocycles. The minimum atomic E-state index is -4.49. The number of rotatable bonds is 3. The molecule has 2 rings (SSSR count). The van der Waals surface area contributed by atoms with Crippen LogP contribution in [0.4, 0.5) is 24.7 Å². The van der Waals surface area contributed by atoms with E-state index in [2.05, 4.69) is 15.3 Å².